The maximum atomic E-state index is 13.8. The molecule has 2 aromatic rings. The number of hydrogen-bond acceptors (Lipinski definition) is 2. The van der Waals surface area contributed by atoms with Gasteiger partial charge in [-0.3, -0.25) is 0 Å². The number of aliphatic hydroxyl groups excluding tert-OH is 1. The van der Waals surface area contributed by atoms with Crippen LogP contribution in [0.4, 0.5) is 13.2 Å². The fourth-order valence-corrected chi connectivity index (χ4v) is 2.37. The molecule has 0 heterocycles. The fourth-order valence-electron chi connectivity index (χ4n) is 2.37. The summed E-state index contributed by atoms with van der Waals surface area (Å²) in [7, 11) is 0. The summed E-state index contributed by atoms with van der Waals surface area (Å²) in [6.07, 6.45) is -0.0208. The Hall–Kier alpha value is -1.85. The lowest BCUT2D eigenvalue weighted by atomic mass is 9.76. The van der Waals surface area contributed by atoms with Crippen LogP contribution in [0.5, 0.6) is 0 Å². The highest BCUT2D eigenvalue weighted by molar-refractivity contribution is 5.31. The molecule has 1 unspecified atom stereocenters. The largest absolute Gasteiger partial charge is 0.395 e. The normalized spacial score (nSPS) is 14.0. The topological polar surface area (TPSA) is 46.2 Å². The summed E-state index contributed by atoms with van der Waals surface area (Å²) in [4.78, 5) is 0. The average Bonchev–Trinajstić information content (AvgIpc) is 2.49. The Bertz CT molecular complexity index is 627. The molecule has 2 nitrogen and oxygen atoms in total. The van der Waals surface area contributed by atoms with Crippen LogP contribution in [0.25, 0.3) is 0 Å². The van der Waals surface area contributed by atoms with Gasteiger partial charge >= 0.3 is 0 Å². The number of aliphatic hydroxyl groups is 1. The van der Waals surface area contributed by atoms with Crippen molar-refractivity contribution < 1.29 is 18.3 Å². The second-order valence-electron chi connectivity index (χ2n) is 5.04. The molecule has 0 aliphatic heterocycles. The zero-order chi connectivity index (χ0) is 15.5. The predicted octanol–water partition coefficient (Wildman–Crippen LogP) is 2.54. The molecule has 0 radical (unpaired) electrons. The fraction of sp³-hybridized carbons (Fsp3) is 0.250. The molecule has 0 aromatic heterocycles. The summed E-state index contributed by atoms with van der Waals surface area (Å²) in [6.45, 7) is -0.425. The number of benzene rings is 2. The van der Waals surface area contributed by atoms with Crippen LogP contribution in [0.1, 0.15) is 11.1 Å². The van der Waals surface area contributed by atoms with E-state index >= 15 is 0 Å². The molecule has 0 bridgehead atoms. The molecular formula is C16H16F3NO. The molecule has 2 rings (SSSR count). The Balaban J connectivity index is 2.45. The van der Waals surface area contributed by atoms with E-state index in [9.17, 15) is 18.3 Å². The molecule has 0 aliphatic rings. The lowest BCUT2D eigenvalue weighted by Crippen LogP contribution is -2.41. The highest BCUT2D eigenvalue weighted by Crippen LogP contribution is 2.29. The summed E-state index contributed by atoms with van der Waals surface area (Å²) < 4.78 is 40.5. The van der Waals surface area contributed by atoms with Gasteiger partial charge in [0.1, 0.15) is 5.82 Å². The maximum absolute atomic E-state index is 13.8. The van der Waals surface area contributed by atoms with Gasteiger partial charge in [0, 0.05) is 12.0 Å². The van der Waals surface area contributed by atoms with Crippen molar-refractivity contribution in [3.8, 4) is 0 Å². The van der Waals surface area contributed by atoms with Crippen molar-refractivity contribution in [1.29, 1.82) is 0 Å². The van der Waals surface area contributed by atoms with E-state index in [1.165, 1.54) is 30.3 Å². The van der Waals surface area contributed by atoms with Crippen LogP contribution >= 0.6 is 0 Å². The van der Waals surface area contributed by atoms with E-state index in [1.807, 2.05) is 0 Å². The zero-order valence-electron chi connectivity index (χ0n) is 11.3. The Morgan fingerprint density at radius 1 is 1.05 bits per heavy atom. The molecule has 5 heteroatoms. The Morgan fingerprint density at radius 3 is 2.38 bits per heavy atom. The monoisotopic (exact) mass is 295 g/mol. The van der Waals surface area contributed by atoms with Crippen molar-refractivity contribution in [3.63, 3.8) is 0 Å². The summed E-state index contributed by atoms with van der Waals surface area (Å²) in [6, 6.07) is 9.46. The molecule has 3 N–H and O–H groups in total. The minimum atomic E-state index is -1.06. The SMILES string of the molecule is NCC(CO)(Cc1cccc(F)c1F)c1cccc(F)c1. The van der Waals surface area contributed by atoms with Crippen molar-refractivity contribution in [2.75, 3.05) is 13.2 Å². The second-order valence-corrected chi connectivity index (χ2v) is 5.04. The minimum Gasteiger partial charge on any atom is -0.395 e. The standard InChI is InChI=1S/C16H16F3NO/c17-13-5-2-4-12(7-13)16(9-20,10-21)8-11-3-1-6-14(18)15(11)19/h1-7,21H,8-10,20H2. The van der Waals surface area contributed by atoms with Gasteiger partial charge in [-0.2, -0.15) is 0 Å². The van der Waals surface area contributed by atoms with Crippen molar-refractivity contribution in [1.82, 2.24) is 0 Å². The molecule has 1 atom stereocenters. The van der Waals surface area contributed by atoms with Crippen LogP contribution < -0.4 is 5.73 Å². The number of halogens is 3. The van der Waals surface area contributed by atoms with E-state index in [0.717, 1.165) is 6.07 Å². The Morgan fingerprint density at radius 2 is 1.76 bits per heavy atom. The molecule has 0 fully saturated rings. The van der Waals surface area contributed by atoms with E-state index in [-0.39, 0.29) is 18.5 Å². The summed E-state index contributed by atoms with van der Waals surface area (Å²) >= 11 is 0. The van der Waals surface area contributed by atoms with Gasteiger partial charge in [0.2, 0.25) is 0 Å². The molecule has 0 amide bonds. The first-order valence-corrected chi connectivity index (χ1v) is 6.52. The molecular weight excluding hydrogens is 279 g/mol. The van der Waals surface area contributed by atoms with Crippen LogP contribution in [-0.4, -0.2) is 18.3 Å². The van der Waals surface area contributed by atoms with Crippen LogP contribution in [0.3, 0.4) is 0 Å². The van der Waals surface area contributed by atoms with Gasteiger partial charge in [0.15, 0.2) is 11.6 Å². The van der Waals surface area contributed by atoms with Crippen LogP contribution in [0.2, 0.25) is 0 Å². The first kappa shape index (κ1) is 15.5. The summed E-state index contributed by atoms with van der Waals surface area (Å²) in [5.41, 5.74) is 5.23. The highest BCUT2D eigenvalue weighted by Gasteiger charge is 2.32. The molecule has 0 aliphatic carbocycles. The van der Waals surface area contributed by atoms with E-state index in [1.54, 1.807) is 6.07 Å². The van der Waals surface area contributed by atoms with Gasteiger partial charge in [-0.25, -0.2) is 13.2 Å². The summed E-state index contributed by atoms with van der Waals surface area (Å²) in [5, 5.41) is 9.72. The van der Waals surface area contributed by atoms with Crippen LogP contribution in [-0.2, 0) is 11.8 Å². The summed E-state index contributed by atoms with van der Waals surface area (Å²) in [5.74, 6) is -2.41. The Labute approximate surface area is 121 Å². The zero-order valence-corrected chi connectivity index (χ0v) is 11.3. The van der Waals surface area contributed by atoms with Crippen LogP contribution in [0, 0.1) is 17.5 Å². The van der Waals surface area contributed by atoms with Crippen molar-refractivity contribution in [2.24, 2.45) is 5.73 Å². The quantitative estimate of drug-likeness (QED) is 0.890. The van der Waals surface area contributed by atoms with Crippen molar-refractivity contribution >= 4 is 0 Å². The predicted molar refractivity (Wildman–Crippen MR) is 74.3 cm³/mol. The smallest absolute Gasteiger partial charge is 0.162 e. The Kier molecular flexibility index (Phi) is 4.65. The third-order valence-corrected chi connectivity index (χ3v) is 3.69. The number of rotatable bonds is 5. The first-order chi connectivity index (χ1) is 10.0. The average molecular weight is 295 g/mol. The van der Waals surface area contributed by atoms with Gasteiger partial charge in [0.05, 0.1) is 6.61 Å². The van der Waals surface area contributed by atoms with Gasteiger partial charge in [0.25, 0.3) is 0 Å². The molecule has 0 spiro atoms. The minimum absolute atomic E-state index is 0.0208. The molecule has 0 saturated heterocycles. The highest BCUT2D eigenvalue weighted by atomic mass is 19.2. The van der Waals surface area contributed by atoms with Crippen molar-refractivity contribution in [2.45, 2.75) is 11.8 Å². The first-order valence-electron chi connectivity index (χ1n) is 6.52. The van der Waals surface area contributed by atoms with E-state index in [0.29, 0.717) is 5.56 Å². The maximum Gasteiger partial charge on any atom is 0.162 e. The molecule has 0 saturated carbocycles. The lowest BCUT2D eigenvalue weighted by molar-refractivity contribution is 0.194. The second kappa shape index (κ2) is 6.28. The molecule has 21 heavy (non-hydrogen) atoms. The third-order valence-electron chi connectivity index (χ3n) is 3.69. The lowest BCUT2D eigenvalue weighted by Gasteiger charge is -2.31. The molecule has 2 aromatic carbocycles. The number of hydrogen-bond donors (Lipinski definition) is 2. The van der Waals surface area contributed by atoms with Gasteiger partial charge in [-0.05, 0) is 35.7 Å². The van der Waals surface area contributed by atoms with E-state index in [2.05, 4.69) is 0 Å². The number of nitrogens with two attached hydrogens (primary N) is 1. The molecule has 112 valence electrons. The van der Waals surface area contributed by atoms with Gasteiger partial charge in [-0.1, -0.05) is 24.3 Å². The van der Waals surface area contributed by atoms with Crippen molar-refractivity contribution in [3.05, 3.63) is 71.0 Å². The van der Waals surface area contributed by atoms with Gasteiger partial charge in [-0.15, -0.1) is 0 Å². The third kappa shape index (κ3) is 3.09. The van der Waals surface area contributed by atoms with Crippen LogP contribution in [0.15, 0.2) is 42.5 Å². The van der Waals surface area contributed by atoms with Gasteiger partial charge < -0.3 is 10.8 Å². The van der Waals surface area contributed by atoms with E-state index in [4.69, 9.17) is 5.73 Å². The van der Waals surface area contributed by atoms with E-state index < -0.39 is 29.5 Å².